The van der Waals surface area contributed by atoms with Crippen LogP contribution in [0.5, 0.6) is 0 Å². The van der Waals surface area contributed by atoms with E-state index in [0.29, 0.717) is 42.6 Å². The molecular formula is C36H34Cl4N2O6. The molecule has 0 spiro atoms. The van der Waals surface area contributed by atoms with Gasteiger partial charge in [0.15, 0.2) is 0 Å². The van der Waals surface area contributed by atoms with Gasteiger partial charge in [-0.3, -0.25) is 19.4 Å². The molecule has 0 aromatic heterocycles. The van der Waals surface area contributed by atoms with Crippen LogP contribution >= 0.6 is 46.4 Å². The first-order chi connectivity index (χ1) is 22.9. The minimum absolute atomic E-state index is 0.234. The van der Waals surface area contributed by atoms with Gasteiger partial charge in [0.1, 0.15) is 12.1 Å². The minimum Gasteiger partial charge on any atom is -0.464 e. The summed E-state index contributed by atoms with van der Waals surface area (Å²) in [6, 6.07) is 25.4. The number of amides is 2. The number of carbonyl (C=O) groups is 4. The zero-order valence-corrected chi connectivity index (χ0v) is 29.7. The highest BCUT2D eigenvalue weighted by atomic mass is 35.5. The average molecular weight is 732 g/mol. The van der Waals surface area contributed by atoms with Crippen molar-refractivity contribution in [2.45, 2.75) is 39.8 Å². The number of esters is 2. The number of rotatable bonds is 10. The van der Waals surface area contributed by atoms with Crippen molar-refractivity contribution in [1.29, 1.82) is 0 Å². The van der Waals surface area contributed by atoms with Crippen molar-refractivity contribution in [3.63, 3.8) is 0 Å². The maximum Gasteiger partial charge on any atom is 0.328 e. The Labute approximate surface area is 300 Å². The molecule has 0 aliphatic rings. The second kappa shape index (κ2) is 18.5. The van der Waals surface area contributed by atoms with Crippen LogP contribution in [0.1, 0.15) is 48.4 Å². The van der Waals surface area contributed by atoms with Crippen LogP contribution in [-0.2, 0) is 19.1 Å². The first-order valence-electron chi connectivity index (χ1n) is 14.9. The Morgan fingerprint density at radius 3 is 1.17 bits per heavy atom. The summed E-state index contributed by atoms with van der Waals surface area (Å²) in [5.74, 6) is -1.63. The number of hydrogen-bond donors (Lipinski definition) is 0. The fourth-order valence-electron chi connectivity index (χ4n) is 4.48. The lowest BCUT2D eigenvalue weighted by atomic mass is 10.1. The molecule has 8 nitrogen and oxygen atoms in total. The van der Waals surface area contributed by atoms with Gasteiger partial charge in [-0.05, 0) is 88.4 Å². The molecule has 4 aromatic carbocycles. The zero-order valence-electron chi connectivity index (χ0n) is 26.7. The number of nitrogens with zero attached hydrogens (tertiary/aromatic N) is 2. The van der Waals surface area contributed by atoms with Gasteiger partial charge in [-0.15, -0.1) is 0 Å². The van der Waals surface area contributed by atoms with Gasteiger partial charge in [-0.1, -0.05) is 82.8 Å². The van der Waals surface area contributed by atoms with Crippen molar-refractivity contribution < 1.29 is 28.7 Å². The fraction of sp³-hybridized carbons (Fsp3) is 0.222. The van der Waals surface area contributed by atoms with Crippen LogP contribution in [0.2, 0.25) is 20.1 Å². The molecule has 0 fully saturated rings. The number of benzene rings is 4. The summed E-state index contributed by atoms with van der Waals surface area (Å²) < 4.78 is 10.1. The van der Waals surface area contributed by atoms with Crippen molar-refractivity contribution in [1.82, 2.24) is 0 Å². The highest BCUT2D eigenvalue weighted by Gasteiger charge is 2.31. The Kier molecular flexibility index (Phi) is 14.8. The van der Waals surface area contributed by atoms with Gasteiger partial charge in [0.2, 0.25) is 0 Å². The standard InChI is InChI=1S/2C18H17Cl2NO3/c2*1-3-24-18(23)12(2)21(14-9-10-15(19)16(20)11-14)17(22)13-7-5-4-6-8-13/h2*4-12H,3H2,1-2H3. The van der Waals surface area contributed by atoms with E-state index in [-0.39, 0.29) is 25.0 Å². The molecule has 0 bridgehead atoms. The molecule has 0 N–H and O–H groups in total. The van der Waals surface area contributed by atoms with Crippen LogP contribution < -0.4 is 9.80 Å². The van der Waals surface area contributed by atoms with E-state index in [0.717, 1.165) is 0 Å². The van der Waals surface area contributed by atoms with Gasteiger partial charge >= 0.3 is 11.9 Å². The third-order valence-electron chi connectivity index (χ3n) is 6.87. The number of ether oxygens (including phenoxy) is 2. The van der Waals surface area contributed by atoms with Crippen LogP contribution in [0.3, 0.4) is 0 Å². The van der Waals surface area contributed by atoms with Crippen LogP contribution in [0.4, 0.5) is 11.4 Å². The predicted octanol–water partition coefficient (Wildman–Crippen LogP) is 9.18. The van der Waals surface area contributed by atoms with Crippen LogP contribution in [-0.4, -0.2) is 49.1 Å². The first kappa shape index (κ1) is 38.4. The molecule has 0 radical (unpaired) electrons. The highest BCUT2D eigenvalue weighted by molar-refractivity contribution is 6.42. The summed E-state index contributed by atoms with van der Waals surface area (Å²) in [6.07, 6.45) is 0. The van der Waals surface area contributed by atoms with Crippen LogP contribution in [0.15, 0.2) is 97.1 Å². The minimum atomic E-state index is -0.810. The molecule has 2 unspecified atom stereocenters. The van der Waals surface area contributed by atoms with Crippen molar-refractivity contribution in [2.24, 2.45) is 0 Å². The van der Waals surface area contributed by atoms with E-state index in [1.54, 1.807) is 113 Å². The molecule has 0 aliphatic heterocycles. The Morgan fingerprint density at radius 1 is 0.542 bits per heavy atom. The van der Waals surface area contributed by atoms with Crippen molar-refractivity contribution in [3.8, 4) is 0 Å². The smallest absolute Gasteiger partial charge is 0.328 e. The van der Waals surface area contributed by atoms with E-state index in [1.807, 2.05) is 12.1 Å². The predicted molar refractivity (Wildman–Crippen MR) is 192 cm³/mol. The summed E-state index contributed by atoms with van der Waals surface area (Å²) >= 11 is 24.0. The van der Waals surface area contributed by atoms with E-state index < -0.39 is 24.0 Å². The first-order valence-corrected chi connectivity index (χ1v) is 16.4. The van der Waals surface area contributed by atoms with Gasteiger partial charge < -0.3 is 9.47 Å². The lowest BCUT2D eigenvalue weighted by Crippen LogP contribution is -2.44. The molecule has 0 saturated carbocycles. The number of hydrogen-bond acceptors (Lipinski definition) is 6. The maximum atomic E-state index is 12.9. The molecule has 12 heteroatoms. The largest absolute Gasteiger partial charge is 0.464 e. The monoisotopic (exact) mass is 730 g/mol. The molecule has 4 aromatic rings. The van der Waals surface area contributed by atoms with E-state index in [2.05, 4.69) is 0 Å². The second-order valence-corrected chi connectivity index (χ2v) is 11.8. The third kappa shape index (κ3) is 9.97. The number of anilines is 2. The maximum absolute atomic E-state index is 12.9. The fourth-order valence-corrected chi connectivity index (χ4v) is 5.06. The summed E-state index contributed by atoms with van der Waals surface area (Å²) in [5, 5.41) is 1.35. The van der Waals surface area contributed by atoms with E-state index in [9.17, 15) is 19.2 Å². The Balaban J connectivity index is 0.000000260. The molecule has 4 rings (SSSR count). The molecule has 48 heavy (non-hydrogen) atoms. The molecule has 0 saturated heterocycles. The molecule has 2 atom stereocenters. The summed E-state index contributed by atoms with van der Waals surface area (Å²) in [5.41, 5.74) is 1.86. The quantitative estimate of drug-likeness (QED) is 0.151. The average Bonchev–Trinajstić information content (AvgIpc) is 3.09. The van der Waals surface area contributed by atoms with E-state index in [4.69, 9.17) is 55.9 Å². The van der Waals surface area contributed by atoms with E-state index in [1.165, 1.54) is 9.80 Å². The summed E-state index contributed by atoms with van der Waals surface area (Å²) in [7, 11) is 0. The van der Waals surface area contributed by atoms with Crippen molar-refractivity contribution >= 4 is 81.5 Å². The Hall–Kier alpha value is -4.08. The van der Waals surface area contributed by atoms with Gasteiger partial charge in [0, 0.05) is 22.5 Å². The van der Waals surface area contributed by atoms with Gasteiger partial charge in [0.05, 0.1) is 33.3 Å². The van der Waals surface area contributed by atoms with Crippen LogP contribution in [0.25, 0.3) is 0 Å². The number of carbonyl (C=O) groups excluding carboxylic acids is 4. The topological polar surface area (TPSA) is 93.2 Å². The molecule has 0 aliphatic carbocycles. The highest BCUT2D eigenvalue weighted by Crippen LogP contribution is 2.31. The van der Waals surface area contributed by atoms with Gasteiger partial charge in [-0.2, -0.15) is 0 Å². The lowest BCUT2D eigenvalue weighted by molar-refractivity contribution is -0.145. The van der Waals surface area contributed by atoms with Crippen LogP contribution in [0, 0.1) is 0 Å². The van der Waals surface area contributed by atoms with Gasteiger partial charge in [-0.25, -0.2) is 9.59 Å². The third-order valence-corrected chi connectivity index (χ3v) is 8.35. The zero-order chi connectivity index (χ0) is 35.4. The molecular weight excluding hydrogens is 698 g/mol. The second-order valence-electron chi connectivity index (χ2n) is 10.1. The molecule has 2 amide bonds. The van der Waals surface area contributed by atoms with Gasteiger partial charge in [0.25, 0.3) is 11.8 Å². The van der Waals surface area contributed by atoms with Crippen molar-refractivity contribution in [3.05, 3.63) is 128 Å². The Bertz CT molecular complexity index is 1600. The molecule has 0 heterocycles. The van der Waals surface area contributed by atoms with E-state index >= 15 is 0 Å². The SMILES string of the molecule is CCOC(=O)C(C)N(C(=O)c1ccccc1)c1ccc(Cl)c(Cl)c1.CCOC(=O)C(C)N(C(=O)c1ccccc1)c1ccc(Cl)c(Cl)c1. The summed E-state index contributed by atoms with van der Waals surface area (Å²) in [4.78, 5) is 52.9. The Morgan fingerprint density at radius 2 is 0.875 bits per heavy atom. The lowest BCUT2D eigenvalue weighted by Gasteiger charge is -2.28. The summed E-state index contributed by atoms with van der Waals surface area (Å²) in [6.45, 7) is 7.12. The normalized spacial score (nSPS) is 11.7. The van der Waals surface area contributed by atoms with Crippen molar-refractivity contribution in [2.75, 3.05) is 23.0 Å². The number of halogens is 4. The molecule has 252 valence electrons.